The molecule has 0 radical (unpaired) electrons. The Morgan fingerprint density at radius 2 is 1.84 bits per heavy atom. The van der Waals surface area contributed by atoms with E-state index in [4.69, 9.17) is 22.1 Å². The third-order valence-electron chi connectivity index (χ3n) is 6.39. The highest BCUT2D eigenvalue weighted by molar-refractivity contribution is 6.32. The van der Waals surface area contributed by atoms with Gasteiger partial charge in [-0.05, 0) is 57.9 Å². The Bertz CT molecular complexity index is 1240. The number of carbonyl (C=O) groups excluding carboxylic acids is 3. The molecule has 2 aliphatic rings. The Kier molecular flexibility index (Phi) is 7.96. The van der Waals surface area contributed by atoms with Crippen molar-refractivity contribution >= 4 is 52.4 Å². The minimum atomic E-state index is -0.767. The first kappa shape index (κ1) is 27.4. The van der Waals surface area contributed by atoms with Gasteiger partial charge < -0.3 is 30.9 Å². The van der Waals surface area contributed by atoms with Gasteiger partial charge in [0, 0.05) is 56.4 Å². The maximum Gasteiger partial charge on any atom is 0.410 e. The van der Waals surface area contributed by atoms with Crippen LogP contribution in [0.15, 0.2) is 18.2 Å². The Labute approximate surface area is 227 Å². The first-order valence-corrected chi connectivity index (χ1v) is 13.0. The molecule has 0 unspecified atom stereocenters. The van der Waals surface area contributed by atoms with Gasteiger partial charge in [-0.25, -0.2) is 14.8 Å². The van der Waals surface area contributed by atoms with Gasteiger partial charge in [0.15, 0.2) is 22.5 Å². The molecule has 0 aliphatic carbocycles. The number of piperidine rings is 1. The van der Waals surface area contributed by atoms with E-state index in [1.807, 2.05) is 45.9 Å². The summed E-state index contributed by atoms with van der Waals surface area (Å²) in [7, 11) is 0. The van der Waals surface area contributed by atoms with Crippen molar-refractivity contribution in [2.24, 2.45) is 5.73 Å². The number of primary amides is 1. The van der Waals surface area contributed by atoms with Gasteiger partial charge in [0.2, 0.25) is 0 Å². The van der Waals surface area contributed by atoms with Gasteiger partial charge in [-0.15, -0.1) is 0 Å². The van der Waals surface area contributed by atoms with Crippen LogP contribution in [-0.4, -0.2) is 70.5 Å². The van der Waals surface area contributed by atoms with E-state index in [1.165, 1.54) is 0 Å². The van der Waals surface area contributed by atoms with Crippen molar-refractivity contribution in [2.75, 3.05) is 41.7 Å². The minimum Gasteiger partial charge on any atom is -0.444 e. The van der Waals surface area contributed by atoms with Crippen LogP contribution in [0.5, 0.6) is 0 Å². The molecule has 204 valence electrons. The Hall–Kier alpha value is -3.60. The van der Waals surface area contributed by atoms with Gasteiger partial charge in [-0.1, -0.05) is 11.6 Å². The Morgan fingerprint density at radius 1 is 1.13 bits per heavy atom. The molecule has 3 heterocycles. The number of nitrogens with one attached hydrogen (secondary N) is 2. The fourth-order valence-electron chi connectivity index (χ4n) is 4.55. The predicted molar refractivity (Wildman–Crippen MR) is 146 cm³/mol. The number of hydrogen-bond acceptors (Lipinski definition) is 9. The number of aryl methyl sites for hydroxylation is 1. The number of hydrogen-bond donors (Lipinski definition) is 3. The number of nitrogens with two attached hydrogens (primary N) is 1. The summed E-state index contributed by atoms with van der Waals surface area (Å²) in [4.78, 5) is 48.7. The molecule has 1 aromatic carbocycles. The summed E-state index contributed by atoms with van der Waals surface area (Å²) < 4.78 is 5.46. The predicted octanol–water partition coefficient (Wildman–Crippen LogP) is 3.87. The largest absolute Gasteiger partial charge is 0.444 e. The number of aromatic nitrogens is 2. The van der Waals surface area contributed by atoms with Crippen LogP contribution in [0.2, 0.25) is 5.15 Å². The Balaban J connectivity index is 1.50. The lowest BCUT2D eigenvalue weighted by Gasteiger charge is -2.29. The fraction of sp³-hybridized carbons (Fsp3) is 0.500. The van der Waals surface area contributed by atoms with Crippen LogP contribution in [0.1, 0.15) is 56.1 Å². The zero-order chi connectivity index (χ0) is 27.6. The maximum absolute atomic E-state index is 12.4. The molecular formula is C26H34ClN7O4. The number of nitrogens with zero attached hydrogens (tertiary/aromatic N) is 4. The molecule has 0 bridgehead atoms. The quantitative estimate of drug-likeness (QED) is 0.494. The van der Waals surface area contributed by atoms with Gasteiger partial charge in [0.05, 0.1) is 0 Å². The molecule has 12 heteroatoms. The second-order valence-corrected chi connectivity index (χ2v) is 11.0. The highest BCUT2D eigenvalue weighted by Crippen LogP contribution is 2.30. The zero-order valence-electron chi connectivity index (χ0n) is 22.1. The van der Waals surface area contributed by atoms with Crippen molar-refractivity contribution in [3.05, 3.63) is 34.6 Å². The topological polar surface area (TPSA) is 143 Å². The number of amides is 2. The molecule has 0 saturated carbocycles. The third-order valence-corrected chi connectivity index (χ3v) is 6.65. The van der Waals surface area contributed by atoms with Gasteiger partial charge in [0.1, 0.15) is 11.4 Å². The van der Waals surface area contributed by atoms with Crippen molar-refractivity contribution in [1.29, 1.82) is 0 Å². The summed E-state index contributed by atoms with van der Waals surface area (Å²) >= 11 is 6.35. The molecule has 2 aliphatic heterocycles. The monoisotopic (exact) mass is 543 g/mol. The SMILES string of the molecule is Cc1cc(Nc2nc(N[C@@H]3CCN(C(=O)OC(C)(C)C)C3)c(Cl)nc2C(N)=O)ccc1N1CCC(=O)CC1. The van der Waals surface area contributed by atoms with Crippen molar-refractivity contribution in [3.63, 3.8) is 0 Å². The smallest absolute Gasteiger partial charge is 0.410 e. The van der Waals surface area contributed by atoms with Crippen LogP contribution in [0.3, 0.4) is 0 Å². The summed E-state index contributed by atoms with van der Waals surface area (Å²) in [5.41, 5.74) is 7.66. The molecule has 0 spiro atoms. The summed E-state index contributed by atoms with van der Waals surface area (Å²) in [6.45, 7) is 9.80. The molecule has 2 aromatic rings. The summed E-state index contributed by atoms with van der Waals surface area (Å²) in [6, 6.07) is 5.67. The number of Topliss-reactive ketones (excluding diaryl/α,β-unsaturated/α-hetero) is 1. The molecule has 1 atom stereocenters. The van der Waals surface area contributed by atoms with Crippen LogP contribution in [0.4, 0.5) is 27.8 Å². The number of anilines is 4. The lowest BCUT2D eigenvalue weighted by atomic mass is 10.1. The van der Waals surface area contributed by atoms with E-state index in [2.05, 4.69) is 25.5 Å². The van der Waals surface area contributed by atoms with Crippen LogP contribution in [0.25, 0.3) is 0 Å². The molecule has 4 N–H and O–H groups in total. The second-order valence-electron chi connectivity index (χ2n) is 10.6. The Morgan fingerprint density at radius 3 is 2.47 bits per heavy atom. The van der Waals surface area contributed by atoms with Gasteiger partial charge >= 0.3 is 6.09 Å². The summed E-state index contributed by atoms with van der Waals surface area (Å²) in [5, 5.41) is 6.39. The number of rotatable bonds is 6. The van der Waals surface area contributed by atoms with Crippen LogP contribution in [0, 0.1) is 6.92 Å². The van der Waals surface area contributed by atoms with Gasteiger partial charge in [0.25, 0.3) is 5.91 Å². The molecule has 1 aromatic heterocycles. The molecule has 38 heavy (non-hydrogen) atoms. The van der Waals surface area contributed by atoms with Gasteiger partial charge in [-0.2, -0.15) is 0 Å². The van der Waals surface area contributed by atoms with E-state index in [-0.39, 0.29) is 40.4 Å². The first-order valence-electron chi connectivity index (χ1n) is 12.7. The first-order chi connectivity index (χ1) is 17.9. The standard InChI is InChI=1S/C26H34ClN7O4/c1-15-13-16(5-6-19(15)33-11-8-18(35)9-12-33)29-23-20(22(28)36)31-21(27)24(32-23)30-17-7-10-34(14-17)25(37)38-26(2,3)4/h5-6,13,17H,7-12,14H2,1-4H3,(H2,28,36)(H2,29,30,32)/t17-/m1/s1. The van der Waals surface area contributed by atoms with Crippen LogP contribution >= 0.6 is 11.6 Å². The number of ether oxygens (including phenoxy) is 1. The van der Waals surface area contributed by atoms with E-state index in [9.17, 15) is 14.4 Å². The average molecular weight is 544 g/mol. The molecule has 4 rings (SSSR count). The van der Waals surface area contributed by atoms with Crippen molar-refractivity contribution in [3.8, 4) is 0 Å². The molecular weight excluding hydrogens is 510 g/mol. The number of carbonyl (C=O) groups is 3. The lowest BCUT2D eigenvalue weighted by Crippen LogP contribution is -2.36. The van der Waals surface area contributed by atoms with E-state index in [0.717, 1.165) is 11.3 Å². The van der Waals surface area contributed by atoms with E-state index >= 15 is 0 Å². The van der Waals surface area contributed by atoms with E-state index in [0.29, 0.717) is 51.1 Å². The lowest BCUT2D eigenvalue weighted by molar-refractivity contribution is -0.119. The van der Waals surface area contributed by atoms with Crippen molar-refractivity contribution < 1.29 is 19.1 Å². The zero-order valence-corrected chi connectivity index (χ0v) is 22.9. The van der Waals surface area contributed by atoms with Crippen LogP contribution < -0.4 is 21.3 Å². The molecule has 2 saturated heterocycles. The maximum atomic E-state index is 12.4. The normalized spacial score (nSPS) is 17.9. The number of likely N-dealkylation sites (tertiary alicyclic amines) is 1. The highest BCUT2D eigenvalue weighted by Gasteiger charge is 2.31. The van der Waals surface area contributed by atoms with E-state index < -0.39 is 11.5 Å². The molecule has 2 fully saturated rings. The third kappa shape index (κ3) is 6.63. The molecule has 2 amide bonds. The summed E-state index contributed by atoms with van der Waals surface area (Å²) in [6.07, 6.45) is 1.39. The van der Waals surface area contributed by atoms with Gasteiger partial charge in [-0.3, -0.25) is 9.59 Å². The average Bonchev–Trinajstić information content (AvgIpc) is 3.29. The fourth-order valence-corrected chi connectivity index (χ4v) is 4.73. The van der Waals surface area contributed by atoms with Crippen molar-refractivity contribution in [1.82, 2.24) is 14.9 Å². The second kappa shape index (κ2) is 11.0. The molecule has 11 nitrogen and oxygen atoms in total. The number of benzene rings is 1. The summed E-state index contributed by atoms with van der Waals surface area (Å²) in [5.74, 6) is -0.0301. The van der Waals surface area contributed by atoms with E-state index in [1.54, 1.807) is 4.90 Å². The number of ketones is 1. The van der Waals surface area contributed by atoms with Crippen molar-refractivity contribution in [2.45, 2.75) is 58.6 Å². The highest BCUT2D eigenvalue weighted by atomic mass is 35.5. The van der Waals surface area contributed by atoms with Crippen LogP contribution in [-0.2, 0) is 9.53 Å². The minimum absolute atomic E-state index is 0.00578. The number of halogens is 1.